The average Bonchev–Trinajstić information content (AvgIpc) is 2.52. The molecule has 0 fully saturated rings. The Balaban J connectivity index is 1.84. The molecule has 0 heterocycles. The fourth-order valence-corrected chi connectivity index (χ4v) is 1.83. The number of carbonyl (C=O) groups is 1. The van der Waals surface area contributed by atoms with Gasteiger partial charge in [-0.25, -0.2) is 5.43 Å². The molecule has 3 heteroatoms. The van der Waals surface area contributed by atoms with Crippen molar-refractivity contribution >= 4 is 11.6 Å². The van der Waals surface area contributed by atoms with Gasteiger partial charge in [0.1, 0.15) is 0 Å². The van der Waals surface area contributed by atoms with E-state index in [1.54, 1.807) is 12.1 Å². The molecule has 1 amide bonds. The first-order valence-corrected chi connectivity index (χ1v) is 6.68. The second-order valence-electron chi connectivity index (χ2n) is 4.64. The molecule has 0 radical (unpaired) electrons. The number of amides is 1. The molecule has 3 nitrogen and oxygen atoms in total. The van der Waals surface area contributed by atoms with Crippen LogP contribution in [0.4, 0.5) is 0 Å². The van der Waals surface area contributed by atoms with Crippen LogP contribution in [0.5, 0.6) is 0 Å². The largest absolute Gasteiger partial charge is 0.271 e. The van der Waals surface area contributed by atoms with Crippen LogP contribution in [0.3, 0.4) is 0 Å². The van der Waals surface area contributed by atoms with E-state index in [-0.39, 0.29) is 5.91 Å². The molecule has 0 spiro atoms. The summed E-state index contributed by atoms with van der Waals surface area (Å²) in [5.74, 6) is -0.176. The van der Waals surface area contributed by atoms with Crippen molar-refractivity contribution in [2.24, 2.45) is 5.10 Å². The van der Waals surface area contributed by atoms with Crippen molar-refractivity contribution < 1.29 is 4.79 Å². The van der Waals surface area contributed by atoms with Crippen molar-refractivity contribution in [2.45, 2.75) is 19.8 Å². The Morgan fingerprint density at radius 2 is 1.60 bits per heavy atom. The molecular formula is C17H18N2O. The van der Waals surface area contributed by atoms with E-state index in [2.05, 4.69) is 22.7 Å². The summed E-state index contributed by atoms with van der Waals surface area (Å²) in [6, 6.07) is 19.3. The van der Waals surface area contributed by atoms with Crippen molar-refractivity contribution in [3.8, 4) is 0 Å². The summed E-state index contributed by atoms with van der Waals surface area (Å²) in [7, 11) is 0. The van der Waals surface area contributed by atoms with E-state index in [1.165, 1.54) is 5.56 Å². The summed E-state index contributed by atoms with van der Waals surface area (Å²) < 4.78 is 0. The number of nitrogens with one attached hydrogen (secondary N) is 1. The summed E-state index contributed by atoms with van der Waals surface area (Å²) in [6.45, 7) is 1.92. The first-order chi connectivity index (χ1) is 9.75. The maximum atomic E-state index is 11.8. The molecule has 0 bridgehead atoms. The number of hydrazone groups is 1. The van der Waals surface area contributed by atoms with Gasteiger partial charge in [0.25, 0.3) is 5.91 Å². The fourth-order valence-electron chi connectivity index (χ4n) is 1.83. The number of hydrogen-bond acceptors (Lipinski definition) is 2. The van der Waals surface area contributed by atoms with Gasteiger partial charge in [0, 0.05) is 11.3 Å². The number of aryl methyl sites for hydroxylation is 1. The predicted molar refractivity (Wildman–Crippen MR) is 81.8 cm³/mol. The zero-order chi connectivity index (χ0) is 14.2. The summed E-state index contributed by atoms with van der Waals surface area (Å²) in [5, 5.41) is 4.13. The van der Waals surface area contributed by atoms with Gasteiger partial charge in [-0.1, -0.05) is 48.5 Å². The monoisotopic (exact) mass is 266 g/mol. The standard InChI is InChI=1S/C17H18N2O/c1-14(12-13-15-8-4-2-5-9-15)18-19-17(20)16-10-6-3-7-11-16/h2-11H,12-13H2,1H3,(H,19,20)/b18-14-. The number of carbonyl (C=O) groups excluding carboxylic acids is 1. The van der Waals surface area contributed by atoms with Crippen LogP contribution < -0.4 is 5.43 Å². The molecule has 0 saturated heterocycles. The van der Waals surface area contributed by atoms with Crippen LogP contribution in [-0.2, 0) is 6.42 Å². The number of benzene rings is 2. The third-order valence-corrected chi connectivity index (χ3v) is 3.00. The van der Waals surface area contributed by atoms with Crippen LogP contribution in [-0.4, -0.2) is 11.6 Å². The van der Waals surface area contributed by atoms with E-state index in [1.807, 2.05) is 43.3 Å². The lowest BCUT2D eigenvalue weighted by Gasteiger charge is -2.03. The predicted octanol–water partition coefficient (Wildman–Crippen LogP) is 3.43. The molecule has 2 aromatic carbocycles. The van der Waals surface area contributed by atoms with Gasteiger partial charge in [-0.05, 0) is 37.5 Å². The summed E-state index contributed by atoms with van der Waals surface area (Å²) in [4.78, 5) is 11.8. The Bertz CT molecular complexity index is 576. The Morgan fingerprint density at radius 1 is 1.00 bits per heavy atom. The number of nitrogens with zero attached hydrogens (tertiary/aromatic N) is 1. The molecule has 20 heavy (non-hydrogen) atoms. The normalized spacial score (nSPS) is 11.2. The molecule has 2 aromatic rings. The average molecular weight is 266 g/mol. The van der Waals surface area contributed by atoms with Gasteiger partial charge < -0.3 is 0 Å². The molecule has 0 aliphatic rings. The summed E-state index contributed by atoms with van der Waals surface area (Å²) in [5.41, 5.74) is 5.39. The van der Waals surface area contributed by atoms with Gasteiger partial charge in [-0.2, -0.15) is 5.10 Å². The number of hydrogen-bond donors (Lipinski definition) is 1. The lowest BCUT2D eigenvalue weighted by molar-refractivity contribution is 0.0954. The molecule has 102 valence electrons. The van der Waals surface area contributed by atoms with Crippen LogP contribution in [0, 0.1) is 0 Å². The van der Waals surface area contributed by atoms with Crippen molar-refractivity contribution in [2.75, 3.05) is 0 Å². The molecule has 1 N–H and O–H groups in total. The molecule has 0 unspecified atom stereocenters. The second-order valence-corrected chi connectivity index (χ2v) is 4.64. The maximum Gasteiger partial charge on any atom is 0.271 e. The first-order valence-electron chi connectivity index (χ1n) is 6.68. The van der Waals surface area contributed by atoms with Gasteiger partial charge >= 0.3 is 0 Å². The SMILES string of the molecule is C/C(CCc1ccccc1)=N/NC(=O)c1ccccc1. The molecular weight excluding hydrogens is 248 g/mol. The van der Waals surface area contributed by atoms with E-state index in [4.69, 9.17) is 0 Å². The van der Waals surface area contributed by atoms with Crippen molar-refractivity contribution in [3.63, 3.8) is 0 Å². The second kappa shape index (κ2) is 7.24. The van der Waals surface area contributed by atoms with E-state index < -0.39 is 0 Å². The lowest BCUT2D eigenvalue weighted by Crippen LogP contribution is -2.19. The van der Waals surface area contributed by atoms with Gasteiger partial charge in [0.05, 0.1) is 0 Å². The van der Waals surface area contributed by atoms with Crippen molar-refractivity contribution in [1.82, 2.24) is 5.43 Å². The van der Waals surface area contributed by atoms with E-state index >= 15 is 0 Å². The molecule has 0 aromatic heterocycles. The van der Waals surface area contributed by atoms with Crippen molar-refractivity contribution in [1.29, 1.82) is 0 Å². The minimum Gasteiger partial charge on any atom is -0.267 e. The van der Waals surface area contributed by atoms with E-state index in [0.29, 0.717) is 5.56 Å². The topological polar surface area (TPSA) is 41.5 Å². The maximum absolute atomic E-state index is 11.8. The van der Waals surface area contributed by atoms with Gasteiger partial charge in [0.15, 0.2) is 0 Å². The summed E-state index contributed by atoms with van der Waals surface area (Å²) >= 11 is 0. The van der Waals surface area contributed by atoms with Gasteiger partial charge in [0.2, 0.25) is 0 Å². The highest BCUT2D eigenvalue weighted by atomic mass is 16.2. The molecule has 0 atom stereocenters. The van der Waals surface area contributed by atoms with Crippen LogP contribution in [0.15, 0.2) is 65.8 Å². The van der Waals surface area contributed by atoms with Crippen LogP contribution in [0.25, 0.3) is 0 Å². The third kappa shape index (κ3) is 4.35. The highest BCUT2D eigenvalue weighted by molar-refractivity contribution is 5.95. The molecule has 0 aliphatic carbocycles. The van der Waals surface area contributed by atoms with Gasteiger partial charge in [-0.15, -0.1) is 0 Å². The first kappa shape index (κ1) is 14.0. The smallest absolute Gasteiger partial charge is 0.267 e. The van der Waals surface area contributed by atoms with Crippen molar-refractivity contribution in [3.05, 3.63) is 71.8 Å². The molecule has 0 aliphatic heterocycles. The minimum atomic E-state index is -0.176. The number of rotatable bonds is 5. The van der Waals surface area contributed by atoms with Crippen LogP contribution in [0.2, 0.25) is 0 Å². The van der Waals surface area contributed by atoms with E-state index in [0.717, 1.165) is 18.6 Å². The Kier molecular flexibility index (Phi) is 5.07. The zero-order valence-electron chi connectivity index (χ0n) is 11.5. The zero-order valence-corrected chi connectivity index (χ0v) is 11.5. The highest BCUT2D eigenvalue weighted by Gasteiger charge is 2.02. The van der Waals surface area contributed by atoms with Crippen LogP contribution >= 0.6 is 0 Å². The summed E-state index contributed by atoms with van der Waals surface area (Å²) in [6.07, 6.45) is 1.76. The Labute approximate surface area is 119 Å². The Hall–Kier alpha value is -2.42. The minimum absolute atomic E-state index is 0.176. The quantitative estimate of drug-likeness (QED) is 0.654. The Morgan fingerprint density at radius 3 is 2.25 bits per heavy atom. The third-order valence-electron chi connectivity index (χ3n) is 3.00. The molecule has 2 rings (SSSR count). The van der Waals surface area contributed by atoms with Gasteiger partial charge in [-0.3, -0.25) is 4.79 Å². The fraction of sp³-hybridized carbons (Fsp3) is 0.176. The lowest BCUT2D eigenvalue weighted by atomic mass is 10.1. The van der Waals surface area contributed by atoms with E-state index in [9.17, 15) is 4.79 Å². The molecule has 0 saturated carbocycles. The van der Waals surface area contributed by atoms with Crippen LogP contribution in [0.1, 0.15) is 29.3 Å². The highest BCUT2D eigenvalue weighted by Crippen LogP contribution is 2.03.